The molecule has 1 fully saturated rings. The first-order valence-corrected chi connectivity index (χ1v) is 4.72. The molecule has 1 aliphatic heterocycles. The smallest absolute Gasteiger partial charge is 0.203 e. The fraction of sp³-hybridized carbons (Fsp3) is 0.455. The van der Waals surface area contributed by atoms with E-state index in [1.807, 2.05) is 12.1 Å². The highest BCUT2D eigenvalue weighted by Crippen LogP contribution is 2.45. The van der Waals surface area contributed by atoms with E-state index in [-0.39, 0.29) is 6.10 Å². The molecular weight excluding hydrogens is 196 g/mol. The average molecular weight is 210 g/mol. The highest BCUT2D eigenvalue weighted by Gasteiger charge is 2.30. The third kappa shape index (κ3) is 1.72. The summed E-state index contributed by atoms with van der Waals surface area (Å²) in [5.74, 6) is 1.98. The lowest BCUT2D eigenvalue weighted by Crippen LogP contribution is -1.98. The van der Waals surface area contributed by atoms with Gasteiger partial charge in [-0.15, -0.1) is 0 Å². The van der Waals surface area contributed by atoms with Crippen molar-refractivity contribution in [3.63, 3.8) is 0 Å². The van der Waals surface area contributed by atoms with E-state index in [2.05, 4.69) is 0 Å². The van der Waals surface area contributed by atoms with Crippen molar-refractivity contribution in [3.8, 4) is 17.2 Å². The number of methoxy groups -OCH3 is 3. The number of rotatable bonds is 4. The van der Waals surface area contributed by atoms with Crippen LogP contribution in [0.2, 0.25) is 0 Å². The van der Waals surface area contributed by atoms with Crippen LogP contribution >= 0.6 is 0 Å². The standard InChI is InChI=1S/C11H14O4/c1-12-8-5-4-7(9-6-15-9)10(13-2)11(8)14-3/h4-5,9H,6H2,1-3H3/t9-/m1/s1. The van der Waals surface area contributed by atoms with E-state index in [9.17, 15) is 0 Å². The summed E-state index contributed by atoms with van der Waals surface area (Å²) in [5, 5.41) is 0. The van der Waals surface area contributed by atoms with Crippen molar-refractivity contribution in [1.82, 2.24) is 0 Å². The Bertz CT molecular complexity index is 358. The van der Waals surface area contributed by atoms with E-state index < -0.39 is 0 Å². The molecule has 1 saturated heterocycles. The molecule has 0 aromatic heterocycles. The summed E-state index contributed by atoms with van der Waals surface area (Å²) in [4.78, 5) is 0. The summed E-state index contributed by atoms with van der Waals surface area (Å²) in [7, 11) is 4.81. The lowest BCUT2D eigenvalue weighted by Gasteiger charge is -2.14. The average Bonchev–Trinajstić information content (AvgIpc) is 3.10. The van der Waals surface area contributed by atoms with Crippen molar-refractivity contribution in [2.45, 2.75) is 6.10 Å². The summed E-state index contributed by atoms with van der Waals surface area (Å²) < 4.78 is 21.0. The molecule has 0 saturated carbocycles. The molecule has 0 radical (unpaired) electrons. The number of benzene rings is 1. The predicted molar refractivity (Wildman–Crippen MR) is 54.8 cm³/mol. The van der Waals surface area contributed by atoms with Crippen LogP contribution in [0.15, 0.2) is 12.1 Å². The zero-order chi connectivity index (χ0) is 10.8. The molecular formula is C11H14O4. The van der Waals surface area contributed by atoms with Gasteiger partial charge in [0, 0.05) is 5.56 Å². The van der Waals surface area contributed by atoms with Crippen LogP contribution in [0.25, 0.3) is 0 Å². The number of hydrogen-bond donors (Lipinski definition) is 0. The zero-order valence-electron chi connectivity index (χ0n) is 9.07. The maximum atomic E-state index is 5.33. The Morgan fingerprint density at radius 3 is 2.20 bits per heavy atom. The summed E-state index contributed by atoms with van der Waals surface area (Å²) in [6, 6.07) is 3.80. The highest BCUT2D eigenvalue weighted by molar-refractivity contribution is 5.56. The van der Waals surface area contributed by atoms with Crippen LogP contribution in [-0.2, 0) is 4.74 Å². The SMILES string of the molecule is COc1ccc([C@H]2CO2)c(OC)c1OC. The van der Waals surface area contributed by atoms with Gasteiger partial charge in [0.1, 0.15) is 6.10 Å². The van der Waals surface area contributed by atoms with Crippen LogP contribution in [0.5, 0.6) is 17.2 Å². The number of hydrogen-bond acceptors (Lipinski definition) is 4. The number of epoxide rings is 1. The third-order valence-corrected chi connectivity index (χ3v) is 2.41. The minimum atomic E-state index is 0.139. The molecule has 82 valence electrons. The van der Waals surface area contributed by atoms with E-state index in [4.69, 9.17) is 18.9 Å². The third-order valence-electron chi connectivity index (χ3n) is 2.41. The Kier molecular flexibility index (Phi) is 2.68. The Morgan fingerprint density at radius 2 is 1.73 bits per heavy atom. The maximum absolute atomic E-state index is 5.33. The lowest BCUT2D eigenvalue weighted by atomic mass is 10.1. The second kappa shape index (κ2) is 3.98. The highest BCUT2D eigenvalue weighted by atomic mass is 16.6. The largest absolute Gasteiger partial charge is 0.493 e. The van der Waals surface area contributed by atoms with Gasteiger partial charge in [-0.2, -0.15) is 0 Å². The van der Waals surface area contributed by atoms with Crippen molar-refractivity contribution in [3.05, 3.63) is 17.7 Å². The van der Waals surface area contributed by atoms with Gasteiger partial charge < -0.3 is 18.9 Å². The Labute approximate surface area is 88.7 Å². The molecule has 0 amide bonds. The van der Waals surface area contributed by atoms with Crippen molar-refractivity contribution >= 4 is 0 Å². The van der Waals surface area contributed by atoms with Crippen molar-refractivity contribution in [1.29, 1.82) is 0 Å². The van der Waals surface area contributed by atoms with Crippen LogP contribution in [0.1, 0.15) is 11.7 Å². The van der Waals surface area contributed by atoms with Crippen molar-refractivity contribution in [2.75, 3.05) is 27.9 Å². The van der Waals surface area contributed by atoms with Gasteiger partial charge in [0.2, 0.25) is 5.75 Å². The Hall–Kier alpha value is -1.42. The van der Waals surface area contributed by atoms with Crippen LogP contribution < -0.4 is 14.2 Å². The van der Waals surface area contributed by atoms with E-state index >= 15 is 0 Å². The van der Waals surface area contributed by atoms with Gasteiger partial charge >= 0.3 is 0 Å². The molecule has 0 N–H and O–H groups in total. The molecule has 4 nitrogen and oxygen atoms in total. The molecule has 1 aromatic rings. The molecule has 1 aromatic carbocycles. The van der Waals surface area contributed by atoms with Crippen LogP contribution in [0, 0.1) is 0 Å². The molecule has 0 bridgehead atoms. The summed E-state index contributed by atoms with van der Waals surface area (Å²) >= 11 is 0. The maximum Gasteiger partial charge on any atom is 0.203 e. The minimum Gasteiger partial charge on any atom is -0.493 e. The minimum absolute atomic E-state index is 0.139. The topological polar surface area (TPSA) is 40.2 Å². The van der Waals surface area contributed by atoms with Crippen LogP contribution in [0.4, 0.5) is 0 Å². The van der Waals surface area contributed by atoms with E-state index in [1.54, 1.807) is 21.3 Å². The molecule has 4 heteroatoms. The molecule has 0 unspecified atom stereocenters. The van der Waals surface area contributed by atoms with Crippen LogP contribution in [0.3, 0.4) is 0 Å². The van der Waals surface area contributed by atoms with Gasteiger partial charge in [-0.05, 0) is 12.1 Å². The lowest BCUT2D eigenvalue weighted by molar-refractivity contribution is 0.318. The molecule has 0 spiro atoms. The molecule has 15 heavy (non-hydrogen) atoms. The van der Waals surface area contributed by atoms with Crippen molar-refractivity contribution in [2.24, 2.45) is 0 Å². The Balaban J connectivity index is 2.49. The van der Waals surface area contributed by atoms with E-state index in [0.717, 1.165) is 12.2 Å². The number of ether oxygens (including phenoxy) is 4. The summed E-state index contributed by atoms with van der Waals surface area (Å²) in [6.07, 6.45) is 0.139. The molecule has 1 atom stereocenters. The molecule has 2 rings (SSSR count). The van der Waals surface area contributed by atoms with Gasteiger partial charge in [-0.25, -0.2) is 0 Å². The fourth-order valence-corrected chi connectivity index (χ4v) is 1.61. The first-order chi connectivity index (χ1) is 7.31. The van der Waals surface area contributed by atoms with Gasteiger partial charge in [0.25, 0.3) is 0 Å². The summed E-state index contributed by atoms with van der Waals surface area (Å²) in [6.45, 7) is 0.742. The quantitative estimate of drug-likeness (QED) is 0.710. The second-order valence-corrected chi connectivity index (χ2v) is 3.25. The Morgan fingerprint density at radius 1 is 1.07 bits per heavy atom. The van der Waals surface area contributed by atoms with Gasteiger partial charge in [0.15, 0.2) is 11.5 Å². The van der Waals surface area contributed by atoms with E-state index in [1.165, 1.54) is 0 Å². The second-order valence-electron chi connectivity index (χ2n) is 3.25. The predicted octanol–water partition coefficient (Wildman–Crippen LogP) is 1.78. The van der Waals surface area contributed by atoms with E-state index in [0.29, 0.717) is 17.2 Å². The first-order valence-electron chi connectivity index (χ1n) is 4.72. The fourth-order valence-electron chi connectivity index (χ4n) is 1.61. The van der Waals surface area contributed by atoms with Gasteiger partial charge in [-0.3, -0.25) is 0 Å². The molecule has 0 aliphatic carbocycles. The van der Waals surface area contributed by atoms with Crippen molar-refractivity contribution < 1.29 is 18.9 Å². The monoisotopic (exact) mass is 210 g/mol. The normalized spacial score (nSPS) is 18.5. The zero-order valence-corrected chi connectivity index (χ0v) is 9.07. The summed E-state index contributed by atoms with van der Waals surface area (Å²) in [5.41, 5.74) is 1.01. The first kappa shape index (κ1) is 10.1. The van der Waals surface area contributed by atoms with Gasteiger partial charge in [-0.1, -0.05) is 0 Å². The van der Waals surface area contributed by atoms with Gasteiger partial charge in [0.05, 0.1) is 27.9 Å². The molecule has 1 aliphatic rings. The molecule has 1 heterocycles. The van der Waals surface area contributed by atoms with Crippen LogP contribution in [-0.4, -0.2) is 27.9 Å².